The minimum Gasteiger partial charge on any atom is -0.383 e. The summed E-state index contributed by atoms with van der Waals surface area (Å²) in [6.07, 6.45) is 2.19. The molecule has 0 aliphatic heterocycles. The molecule has 0 spiro atoms. The second-order valence-corrected chi connectivity index (χ2v) is 4.11. The molecule has 1 N–H and O–H groups in total. The molecule has 0 saturated carbocycles. The van der Waals surface area contributed by atoms with Crippen LogP contribution in [0.5, 0.6) is 0 Å². The van der Waals surface area contributed by atoms with E-state index in [0.717, 1.165) is 6.54 Å². The van der Waals surface area contributed by atoms with E-state index in [1.54, 1.807) is 7.11 Å². The molecule has 1 unspecified atom stereocenters. The number of ether oxygens (including phenoxy) is 1. The first-order valence-electron chi connectivity index (χ1n) is 5.64. The van der Waals surface area contributed by atoms with Gasteiger partial charge in [0.05, 0.1) is 12.6 Å². The third kappa shape index (κ3) is 4.60. The maximum atomic E-state index is 5.23. The van der Waals surface area contributed by atoms with Crippen molar-refractivity contribution in [3.8, 4) is 0 Å². The van der Waals surface area contributed by atoms with Crippen LogP contribution in [0.1, 0.15) is 25.5 Å². The lowest BCUT2D eigenvalue weighted by molar-refractivity contribution is 0.168. The van der Waals surface area contributed by atoms with Crippen molar-refractivity contribution in [2.75, 3.05) is 20.3 Å². The van der Waals surface area contributed by atoms with Crippen LogP contribution in [0.2, 0.25) is 0 Å². The van der Waals surface area contributed by atoms with E-state index >= 15 is 0 Å². The molecule has 0 heterocycles. The molecule has 0 bridgehead atoms. The Bertz CT molecular complexity index is 315. The van der Waals surface area contributed by atoms with Crippen LogP contribution in [0.25, 0.3) is 0 Å². The van der Waals surface area contributed by atoms with Crippen LogP contribution in [-0.4, -0.2) is 20.3 Å². The van der Waals surface area contributed by atoms with Crippen LogP contribution in [0, 0.1) is 0 Å². The van der Waals surface area contributed by atoms with E-state index in [4.69, 9.17) is 4.74 Å². The van der Waals surface area contributed by atoms with E-state index in [9.17, 15) is 0 Å². The van der Waals surface area contributed by atoms with Gasteiger partial charge >= 0.3 is 0 Å². The highest BCUT2D eigenvalue weighted by molar-refractivity contribution is 5.19. The highest BCUT2D eigenvalue weighted by Gasteiger charge is 2.08. The minimum atomic E-state index is 0.266. The maximum absolute atomic E-state index is 5.23. The molecule has 0 fully saturated rings. The number of methoxy groups -OCH3 is 1. The zero-order valence-electron chi connectivity index (χ0n) is 10.4. The first-order valence-corrected chi connectivity index (χ1v) is 5.64. The second-order valence-electron chi connectivity index (χ2n) is 4.11. The Morgan fingerprint density at radius 3 is 2.56 bits per heavy atom. The van der Waals surface area contributed by atoms with Crippen molar-refractivity contribution in [2.24, 2.45) is 0 Å². The van der Waals surface area contributed by atoms with Crippen molar-refractivity contribution in [3.05, 3.63) is 47.5 Å². The highest BCUT2D eigenvalue weighted by atomic mass is 16.5. The van der Waals surface area contributed by atoms with Gasteiger partial charge in [0.1, 0.15) is 0 Å². The van der Waals surface area contributed by atoms with Gasteiger partial charge < -0.3 is 10.1 Å². The first-order chi connectivity index (χ1) is 7.74. The molecule has 2 nitrogen and oxygen atoms in total. The van der Waals surface area contributed by atoms with Gasteiger partial charge in [-0.05, 0) is 19.4 Å². The molecule has 1 atom stereocenters. The lowest BCUT2D eigenvalue weighted by Crippen LogP contribution is -2.25. The summed E-state index contributed by atoms with van der Waals surface area (Å²) in [6, 6.07) is 10.7. The van der Waals surface area contributed by atoms with Gasteiger partial charge in [-0.3, -0.25) is 0 Å². The average Bonchev–Trinajstić information content (AvgIpc) is 2.29. The summed E-state index contributed by atoms with van der Waals surface area (Å²) in [5.74, 6) is 0. The van der Waals surface area contributed by atoms with E-state index in [-0.39, 0.29) is 6.04 Å². The molecule has 16 heavy (non-hydrogen) atoms. The minimum absolute atomic E-state index is 0.266. The molecule has 88 valence electrons. The van der Waals surface area contributed by atoms with Crippen LogP contribution in [0.3, 0.4) is 0 Å². The van der Waals surface area contributed by atoms with Gasteiger partial charge in [0.2, 0.25) is 0 Å². The summed E-state index contributed by atoms with van der Waals surface area (Å²) >= 11 is 0. The zero-order valence-corrected chi connectivity index (χ0v) is 10.4. The predicted molar refractivity (Wildman–Crippen MR) is 68.5 cm³/mol. The Kier molecular flexibility index (Phi) is 5.83. The van der Waals surface area contributed by atoms with Crippen molar-refractivity contribution in [1.82, 2.24) is 5.32 Å². The Morgan fingerprint density at radius 1 is 1.31 bits per heavy atom. The van der Waals surface area contributed by atoms with Crippen LogP contribution in [0.15, 0.2) is 42.0 Å². The molecular formula is C14H21NO. The number of hydrogen-bond acceptors (Lipinski definition) is 2. The summed E-state index contributed by atoms with van der Waals surface area (Å²) in [6.45, 7) is 5.79. The van der Waals surface area contributed by atoms with Crippen molar-refractivity contribution in [2.45, 2.75) is 19.9 Å². The third-order valence-corrected chi connectivity index (χ3v) is 2.41. The number of hydrogen-bond donors (Lipinski definition) is 1. The van der Waals surface area contributed by atoms with Crippen LogP contribution in [0.4, 0.5) is 0 Å². The fraction of sp³-hybridized carbons (Fsp3) is 0.429. The number of allylic oxidation sites excluding steroid dienone is 1. The number of benzene rings is 1. The Balaban J connectivity index is 2.58. The van der Waals surface area contributed by atoms with Crippen molar-refractivity contribution < 1.29 is 4.74 Å². The average molecular weight is 219 g/mol. The van der Waals surface area contributed by atoms with Gasteiger partial charge in [-0.1, -0.05) is 42.0 Å². The van der Waals surface area contributed by atoms with E-state index in [1.165, 1.54) is 11.1 Å². The zero-order chi connectivity index (χ0) is 11.8. The molecule has 1 aromatic carbocycles. The molecule has 0 aliphatic carbocycles. The summed E-state index contributed by atoms with van der Waals surface area (Å²) in [7, 11) is 1.73. The van der Waals surface area contributed by atoms with Crippen LogP contribution < -0.4 is 5.32 Å². The fourth-order valence-corrected chi connectivity index (χ4v) is 1.53. The van der Waals surface area contributed by atoms with Gasteiger partial charge in [0, 0.05) is 13.7 Å². The molecule has 0 amide bonds. The number of rotatable bonds is 6. The van der Waals surface area contributed by atoms with Crippen molar-refractivity contribution in [1.29, 1.82) is 0 Å². The lowest BCUT2D eigenvalue weighted by atomic mass is 10.1. The quantitative estimate of drug-likeness (QED) is 0.743. The van der Waals surface area contributed by atoms with Crippen molar-refractivity contribution in [3.63, 3.8) is 0 Å². The number of nitrogens with one attached hydrogen (secondary N) is 1. The molecule has 1 aromatic rings. The summed E-state index contributed by atoms with van der Waals surface area (Å²) in [4.78, 5) is 0. The molecule has 1 rings (SSSR count). The fourth-order valence-electron chi connectivity index (χ4n) is 1.53. The molecular weight excluding hydrogens is 198 g/mol. The van der Waals surface area contributed by atoms with Gasteiger partial charge in [-0.25, -0.2) is 0 Å². The van der Waals surface area contributed by atoms with Gasteiger partial charge in [-0.2, -0.15) is 0 Å². The van der Waals surface area contributed by atoms with Gasteiger partial charge in [0.15, 0.2) is 0 Å². The monoisotopic (exact) mass is 219 g/mol. The molecule has 0 radical (unpaired) electrons. The Morgan fingerprint density at radius 2 is 2.00 bits per heavy atom. The molecule has 0 aliphatic rings. The van der Waals surface area contributed by atoms with E-state index < -0.39 is 0 Å². The van der Waals surface area contributed by atoms with Gasteiger partial charge in [0.25, 0.3) is 0 Å². The summed E-state index contributed by atoms with van der Waals surface area (Å²) in [5.41, 5.74) is 2.60. The van der Waals surface area contributed by atoms with E-state index in [2.05, 4.69) is 49.5 Å². The maximum Gasteiger partial charge on any atom is 0.0657 e. The molecule has 0 saturated heterocycles. The van der Waals surface area contributed by atoms with Gasteiger partial charge in [-0.15, -0.1) is 0 Å². The van der Waals surface area contributed by atoms with E-state index in [1.807, 2.05) is 6.07 Å². The predicted octanol–water partition coefficient (Wildman–Crippen LogP) is 2.93. The third-order valence-electron chi connectivity index (χ3n) is 2.41. The SMILES string of the molecule is COCC(NCC=C(C)C)c1ccccc1. The molecule has 0 aromatic heterocycles. The first kappa shape index (κ1) is 12.9. The standard InChI is InChI=1S/C14H21NO/c1-12(2)9-10-15-14(11-16-3)13-7-5-4-6-8-13/h4-9,14-15H,10-11H2,1-3H3. The largest absolute Gasteiger partial charge is 0.383 e. The smallest absolute Gasteiger partial charge is 0.0657 e. The normalized spacial score (nSPS) is 12.2. The molecule has 2 heteroatoms. The van der Waals surface area contributed by atoms with Crippen molar-refractivity contribution >= 4 is 0 Å². The van der Waals surface area contributed by atoms with Crippen LogP contribution >= 0.6 is 0 Å². The summed E-state index contributed by atoms with van der Waals surface area (Å²) in [5, 5.41) is 3.47. The Labute approximate surface area is 98.3 Å². The van der Waals surface area contributed by atoms with Crippen LogP contribution in [-0.2, 0) is 4.74 Å². The second kappa shape index (κ2) is 7.20. The Hall–Kier alpha value is -1.12. The van der Waals surface area contributed by atoms with E-state index in [0.29, 0.717) is 6.61 Å². The summed E-state index contributed by atoms with van der Waals surface area (Å²) < 4.78 is 5.23. The lowest BCUT2D eigenvalue weighted by Gasteiger charge is -2.17. The topological polar surface area (TPSA) is 21.3 Å². The highest BCUT2D eigenvalue weighted by Crippen LogP contribution is 2.12.